The van der Waals surface area contributed by atoms with Crippen LogP contribution < -0.4 is 5.32 Å². The molecule has 0 spiro atoms. The fraction of sp³-hybridized carbons (Fsp3) is 0.533. The van der Waals surface area contributed by atoms with E-state index in [-0.39, 0.29) is 12.0 Å². The predicted octanol–water partition coefficient (Wildman–Crippen LogP) is 4.28. The molecule has 212 valence electrons. The highest BCUT2D eigenvalue weighted by Crippen LogP contribution is 2.41. The molecule has 0 amide bonds. The van der Waals surface area contributed by atoms with Crippen molar-refractivity contribution in [1.82, 2.24) is 15.2 Å². The molecule has 8 nitrogen and oxygen atoms in total. The zero-order valence-corrected chi connectivity index (χ0v) is 23.9. The minimum absolute atomic E-state index is 0.166. The third kappa shape index (κ3) is 6.88. The Kier molecular flexibility index (Phi) is 10.1. The number of nitrogens with zero attached hydrogens (tertiary/aromatic N) is 3. The van der Waals surface area contributed by atoms with Crippen molar-refractivity contribution < 1.29 is 19.7 Å². The summed E-state index contributed by atoms with van der Waals surface area (Å²) < 4.78 is 12.3. The quantitative estimate of drug-likeness (QED) is 0.246. The molecule has 1 aromatic heterocycles. The van der Waals surface area contributed by atoms with E-state index in [1.807, 2.05) is 19.2 Å². The van der Waals surface area contributed by atoms with Crippen LogP contribution in [0.4, 0.5) is 0 Å². The highest BCUT2D eigenvalue weighted by atomic mass is 35.5. The van der Waals surface area contributed by atoms with E-state index in [9.17, 15) is 10.2 Å². The van der Waals surface area contributed by atoms with Gasteiger partial charge in [0.15, 0.2) is 0 Å². The minimum Gasteiger partial charge on any atom is -0.390 e. The number of halogens is 1. The third-order valence-corrected chi connectivity index (χ3v) is 7.97. The Morgan fingerprint density at radius 1 is 1.28 bits per heavy atom. The van der Waals surface area contributed by atoms with E-state index in [4.69, 9.17) is 26.1 Å². The van der Waals surface area contributed by atoms with Crippen molar-refractivity contribution in [1.29, 1.82) is 0 Å². The molecule has 39 heavy (non-hydrogen) atoms. The molecule has 2 aliphatic carbocycles. The van der Waals surface area contributed by atoms with Crippen LogP contribution in [0.3, 0.4) is 0 Å². The molecule has 3 N–H and O–H groups in total. The molecule has 1 aliphatic heterocycles. The maximum Gasteiger partial charge on any atom is 0.115 e. The number of hydrogen-bond acceptors (Lipinski definition) is 8. The van der Waals surface area contributed by atoms with Crippen molar-refractivity contribution in [3.63, 3.8) is 0 Å². The van der Waals surface area contributed by atoms with Crippen molar-refractivity contribution in [3.05, 3.63) is 76.9 Å². The average molecular weight is 557 g/mol. The van der Waals surface area contributed by atoms with Gasteiger partial charge in [-0.15, -0.1) is 0 Å². The van der Waals surface area contributed by atoms with Crippen LogP contribution in [-0.4, -0.2) is 69.5 Å². The SMILES string of the molecule is C=CN(CCC)C1=CC(C)=NC2(C)C1=CC=CC2OCc1c(Cl)cncc1CNCOCC1C[C@@H](O)[C@@H](O)C1. The molecule has 0 bridgehead atoms. The molecular weight excluding hydrogens is 516 g/mol. The average Bonchev–Trinajstić information content (AvgIpc) is 3.22. The summed E-state index contributed by atoms with van der Waals surface area (Å²) in [5.41, 5.74) is 4.39. The molecular formula is C30H41ClN4O4. The first-order valence-corrected chi connectivity index (χ1v) is 14.1. The van der Waals surface area contributed by atoms with E-state index in [2.05, 4.69) is 53.9 Å². The lowest BCUT2D eigenvalue weighted by Gasteiger charge is -2.42. The van der Waals surface area contributed by atoms with Crippen LogP contribution in [0.2, 0.25) is 5.02 Å². The van der Waals surface area contributed by atoms with Gasteiger partial charge in [0.1, 0.15) is 11.6 Å². The molecule has 3 unspecified atom stereocenters. The number of dihydropyridines is 1. The normalized spacial score (nSPS) is 28.0. The van der Waals surface area contributed by atoms with Crippen LogP contribution in [0.15, 0.2) is 65.7 Å². The molecule has 5 atom stereocenters. The van der Waals surface area contributed by atoms with Gasteiger partial charge in [-0.1, -0.05) is 43.3 Å². The number of aliphatic imine (C=N–C) groups is 1. The van der Waals surface area contributed by atoms with Crippen molar-refractivity contribution in [2.45, 2.75) is 77.0 Å². The lowest BCUT2D eigenvalue weighted by molar-refractivity contribution is 0.0346. The molecule has 4 rings (SSSR count). The van der Waals surface area contributed by atoms with E-state index < -0.39 is 17.7 Å². The molecule has 3 aliphatic rings. The zero-order valence-electron chi connectivity index (χ0n) is 23.1. The summed E-state index contributed by atoms with van der Waals surface area (Å²) in [7, 11) is 0. The summed E-state index contributed by atoms with van der Waals surface area (Å²) in [6.07, 6.45) is 14.2. The van der Waals surface area contributed by atoms with Crippen LogP contribution in [-0.2, 0) is 22.6 Å². The molecule has 1 saturated carbocycles. The highest BCUT2D eigenvalue weighted by Gasteiger charge is 2.43. The van der Waals surface area contributed by atoms with Crippen LogP contribution in [0.25, 0.3) is 0 Å². The zero-order chi connectivity index (χ0) is 28.0. The second-order valence-corrected chi connectivity index (χ2v) is 11.1. The molecule has 1 aromatic rings. The van der Waals surface area contributed by atoms with Crippen LogP contribution in [0.5, 0.6) is 0 Å². The summed E-state index contributed by atoms with van der Waals surface area (Å²) >= 11 is 6.58. The highest BCUT2D eigenvalue weighted by molar-refractivity contribution is 6.31. The van der Waals surface area contributed by atoms with Gasteiger partial charge in [-0.25, -0.2) is 0 Å². The van der Waals surface area contributed by atoms with Gasteiger partial charge in [-0.05, 0) is 56.9 Å². The number of aliphatic hydroxyl groups excluding tert-OH is 2. The van der Waals surface area contributed by atoms with Crippen molar-refractivity contribution in [3.8, 4) is 0 Å². The Hall–Kier alpha value is -2.33. The second-order valence-electron chi connectivity index (χ2n) is 10.7. The van der Waals surface area contributed by atoms with Crippen LogP contribution >= 0.6 is 11.6 Å². The summed E-state index contributed by atoms with van der Waals surface area (Å²) in [6, 6.07) is 0. The van der Waals surface area contributed by atoms with Gasteiger partial charge in [-0.2, -0.15) is 0 Å². The van der Waals surface area contributed by atoms with Gasteiger partial charge in [0.2, 0.25) is 0 Å². The molecule has 2 heterocycles. The fourth-order valence-electron chi connectivity index (χ4n) is 5.61. The van der Waals surface area contributed by atoms with E-state index >= 15 is 0 Å². The number of aromatic nitrogens is 1. The number of pyridine rings is 1. The number of allylic oxidation sites excluding steroid dienone is 3. The lowest BCUT2D eigenvalue weighted by atomic mass is 9.78. The topological polar surface area (TPSA) is 99.4 Å². The van der Waals surface area contributed by atoms with Crippen LogP contribution in [0.1, 0.15) is 51.2 Å². The van der Waals surface area contributed by atoms with Gasteiger partial charge in [0.05, 0.1) is 37.2 Å². The van der Waals surface area contributed by atoms with Crippen LogP contribution in [0, 0.1) is 5.92 Å². The summed E-state index contributed by atoms with van der Waals surface area (Å²) in [5.74, 6) is 0.166. The number of aliphatic hydroxyl groups is 2. The van der Waals surface area contributed by atoms with Gasteiger partial charge in [0, 0.05) is 48.0 Å². The van der Waals surface area contributed by atoms with E-state index in [0.29, 0.717) is 44.4 Å². The molecule has 1 fully saturated rings. The molecule has 0 radical (unpaired) electrons. The van der Waals surface area contributed by atoms with Crippen molar-refractivity contribution in [2.75, 3.05) is 19.9 Å². The number of hydrogen-bond donors (Lipinski definition) is 3. The number of ether oxygens (including phenoxy) is 2. The number of rotatable bonds is 13. The summed E-state index contributed by atoms with van der Waals surface area (Å²) in [6.45, 7) is 12.9. The number of nitrogens with one attached hydrogen (secondary N) is 1. The Morgan fingerprint density at radius 2 is 2.05 bits per heavy atom. The van der Waals surface area contributed by atoms with Crippen molar-refractivity contribution in [2.24, 2.45) is 10.9 Å². The molecule has 0 aromatic carbocycles. The Morgan fingerprint density at radius 3 is 2.77 bits per heavy atom. The maximum absolute atomic E-state index is 9.71. The summed E-state index contributed by atoms with van der Waals surface area (Å²) in [4.78, 5) is 11.5. The van der Waals surface area contributed by atoms with E-state index in [1.54, 1.807) is 12.4 Å². The third-order valence-electron chi connectivity index (χ3n) is 7.64. The van der Waals surface area contributed by atoms with Gasteiger partial charge >= 0.3 is 0 Å². The first-order valence-electron chi connectivity index (χ1n) is 13.7. The lowest BCUT2D eigenvalue weighted by Crippen LogP contribution is -2.46. The number of fused-ring (bicyclic) bond motifs is 1. The van der Waals surface area contributed by atoms with Gasteiger partial charge in [-0.3, -0.25) is 15.3 Å². The summed E-state index contributed by atoms with van der Waals surface area (Å²) in [5, 5.41) is 23.2. The molecule has 0 saturated heterocycles. The fourth-order valence-corrected chi connectivity index (χ4v) is 5.85. The van der Waals surface area contributed by atoms with Gasteiger partial charge in [0.25, 0.3) is 0 Å². The second kappa shape index (κ2) is 13.4. The first-order chi connectivity index (χ1) is 18.8. The minimum atomic E-state index is -0.650. The predicted molar refractivity (Wildman–Crippen MR) is 154 cm³/mol. The first kappa shape index (κ1) is 29.6. The Balaban J connectivity index is 1.38. The molecule has 9 heteroatoms. The standard InChI is InChI=1S/C30H41ClN4O4/c1-5-10-35(6-2)26-11-20(3)34-30(4)24(26)8-7-9-29(30)39-18-23-22(14-32-16-25(23)31)15-33-19-38-17-21-12-27(36)28(37)13-21/h6-9,11,14,16,21,27-29,33,36-37H,2,5,10,12-13,15,17-19H2,1,3-4H3/t21?,27-,28+,29?,30?. The van der Waals surface area contributed by atoms with E-state index in [1.165, 1.54) is 0 Å². The Bertz CT molecular complexity index is 1140. The van der Waals surface area contributed by atoms with Gasteiger partial charge < -0.3 is 24.6 Å². The maximum atomic E-state index is 9.71. The van der Waals surface area contributed by atoms with Crippen molar-refractivity contribution >= 4 is 17.3 Å². The monoisotopic (exact) mass is 556 g/mol. The van der Waals surface area contributed by atoms with E-state index in [0.717, 1.165) is 41.1 Å². The smallest absolute Gasteiger partial charge is 0.115 e. The Labute approximate surface area is 236 Å². The largest absolute Gasteiger partial charge is 0.390 e.